The van der Waals surface area contributed by atoms with Crippen molar-refractivity contribution < 1.29 is 9.53 Å². The third kappa shape index (κ3) is 4.60. The number of ether oxygens (including phenoxy) is 1. The van der Waals surface area contributed by atoms with E-state index in [4.69, 9.17) is 27.9 Å². The first-order valence-corrected chi connectivity index (χ1v) is 8.68. The summed E-state index contributed by atoms with van der Waals surface area (Å²) >= 11 is 12.1. The molecule has 1 saturated heterocycles. The van der Waals surface area contributed by atoms with E-state index in [9.17, 15) is 4.79 Å². The minimum absolute atomic E-state index is 0.0260. The Balaban J connectivity index is 2.04. The predicted octanol–water partition coefficient (Wildman–Crippen LogP) is 3.56. The molecular formula is C17H24Cl2N2O2. The van der Waals surface area contributed by atoms with Crippen molar-refractivity contribution in [1.82, 2.24) is 9.80 Å². The average Bonchev–Trinajstić information content (AvgIpc) is 2.49. The van der Waals surface area contributed by atoms with E-state index in [1.807, 2.05) is 4.90 Å². The molecule has 1 fully saturated rings. The fraction of sp³-hybridized carbons (Fsp3) is 0.588. The van der Waals surface area contributed by atoms with Crippen molar-refractivity contribution in [2.75, 3.05) is 33.4 Å². The van der Waals surface area contributed by atoms with Crippen LogP contribution in [-0.2, 0) is 4.74 Å². The lowest BCUT2D eigenvalue weighted by Crippen LogP contribution is -2.58. The van der Waals surface area contributed by atoms with Crippen molar-refractivity contribution in [2.45, 2.75) is 32.4 Å². The smallest absolute Gasteiger partial charge is 0.255 e. The van der Waals surface area contributed by atoms with Gasteiger partial charge in [-0.3, -0.25) is 9.69 Å². The number of hydrogen-bond acceptors (Lipinski definition) is 3. The zero-order chi connectivity index (χ0) is 17.0. The van der Waals surface area contributed by atoms with E-state index in [2.05, 4.69) is 18.7 Å². The summed E-state index contributed by atoms with van der Waals surface area (Å²) in [4.78, 5) is 17.1. The van der Waals surface area contributed by atoms with E-state index in [-0.39, 0.29) is 5.91 Å². The second kappa shape index (κ2) is 8.34. The Bertz CT molecular complexity index is 541. The Labute approximate surface area is 148 Å². The third-order valence-corrected chi connectivity index (χ3v) is 4.86. The molecule has 0 aromatic heterocycles. The van der Waals surface area contributed by atoms with Gasteiger partial charge in [-0.05, 0) is 38.5 Å². The molecule has 0 aliphatic carbocycles. The molecule has 1 aliphatic rings. The first kappa shape index (κ1) is 18.5. The normalized spacial score (nSPS) is 22.4. The molecule has 4 nitrogen and oxygen atoms in total. The molecule has 23 heavy (non-hydrogen) atoms. The first-order chi connectivity index (χ1) is 10.9. The highest BCUT2D eigenvalue weighted by molar-refractivity contribution is 6.36. The SMILES string of the molecule is COCCCN1C(C)CN(C(=O)c2ccc(Cl)cc2Cl)CC1C. The van der Waals surface area contributed by atoms with Gasteiger partial charge in [0.1, 0.15) is 0 Å². The summed E-state index contributed by atoms with van der Waals surface area (Å²) in [5.74, 6) is -0.0260. The number of piperazine rings is 1. The number of amides is 1. The molecule has 1 aromatic carbocycles. The van der Waals surface area contributed by atoms with Crippen LogP contribution in [0.25, 0.3) is 0 Å². The summed E-state index contributed by atoms with van der Waals surface area (Å²) in [6.45, 7) is 7.47. The zero-order valence-corrected chi connectivity index (χ0v) is 15.4. The van der Waals surface area contributed by atoms with Gasteiger partial charge in [0.15, 0.2) is 0 Å². The maximum absolute atomic E-state index is 12.7. The van der Waals surface area contributed by atoms with Crippen LogP contribution in [0.4, 0.5) is 0 Å². The number of hydrogen-bond donors (Lipinski definition) is 0. The van der Waals surface area contributed by atoms with E-state index in [0.717, 1.165) is 19.6 Å². The summed E-state index contributed by atoms with van der Waals surface area (Å²) in [5, 5.41) is 0.946. The lowest BCUT2D eigenvalue weighted by molar-refractivity contribution is 0.0270. The van der Waals surface area contributed by atoms with Crippen LogP contribution in [0, 0.1) is 0 Å². The topological polar surface area (TPSA) is 32.8 Å². The van der Waals surface area contributed by atoms with Crippen LogP contribution < -0.4 is 0 Å². The monoisotopic (exact) mass is 358 g/mol. The van der Waals surface area contributed by atoms with Gasteiger partial charge in [0.2, 0.25) is 0 Å². The summed E-state index contributed by atoms with van der Waals surface area (Å²) in [7, 11) is 1.72. The number of carbonyl (C=O) groups excluding carboxylic acids is 1. The lowest BCUT2D eigenvalue weighted by atomic mass is 10.1. The van der Waals surface area contributed by atoms with Gasteiger partial charge < -0.3 is 9.64 Å². The van der Waals surface area contributed by atoms with Crippen molar-refractivity contribution in [2.24, 2.45) is 0 Å². The summed E-state index contributed by atoms with van der Waals surface area (Å²) in [6.07, 6.45) is 1.00. The van der Waals surface area contributed by atoms with E-state index < -0.39 is 0 Å². The maximum atomic E-state index is 12.7. The van der Waals surface area contributed by atoms with Crippen LogP contribution in [0.2, 0.25) is 10.0 Å². The Kier molecular flexibility index (Phi) is 6.72. The molecule has 1 aliphatic heterocycles. The summed E-state index contributed by atoms with van der Waals surface area (Å²) in [5.41, 5.74) is 0.517. The van der Waals surface area contributed by atoms with Crippen LogP contribution in [0.1, 0.15) is 30.6 Å². The van der Waals surface area contributed by atoms with Crippen LogP contribution in [0.3, 0.4) is 0 Å². The second-order valence-corrected chi connectivity index (χ2v) is 6.96. The Morgan fingerprint density at radius 2 is 1.91 bits per heavy atom. The third-order valence-electron chi connectivity index (χ3n) is 4.32. The molecule has 6 heteroatoms. The van der Waals surface area contributed by atoms with Crippen molar-refractivity contribution in [3.63, 3.8) is 0 Å². The maximum Gasteiger partial charge on any atom is 0.255 e. The van der Waals surface area contributed by atoms with Gasteiger partial charge in [-0.2, -0.15) is 0 Å². The molecule has 128 valence electrons. The van der Waals surface area contributed by atoms with E-state index in [0.29, 0.717) is 40.8 Å². The standard InChI is InChI=1S/C17H24Cl2N2O2/c1-12-10-20(11-13(2)21(12)7-4-8-23-3)17(22)15-6-5-14(18)9-16(15)19/h5-6,9,12-13H,4,7-8,10-11H2,1-3H3. The van der Waals surface area contributed by atoms with Gasteiger partial charge in [-0.15, -0.1) is 0 Å². The van der Waals surface area contributed by atoms with Crippen LogP contribution in [0.5, 0.6) is 0 Å². The van der Waals surface area contributed by atoms with Gasteiger partial charge in [0, 0.05) is 50.5 Å². The molecule has 0 bridgehead atoms. The Hall–Kier alpha value is -0.810. The van der Waals surface area contributed by atoms with E-state index in [1.54, 1.807) is 25.3 Å². The van der Waals surface area contributed by atoms with E-state index in [1.165, 1.54) is 0 Å². The van der Waals surface area contributed by atoms with E-state index >= 15 is 0 Å². The van der Waals surface area contributed by atoms with Gasteiger partial charge in [0.25, 0.3) is 5.91 Å². The summed E-state index contributed by atoms with van der Waals surface area (Å²) in [6, 6.07) is 5.64. The highest BCUT2D eigenvalue weighted by atomic mass is 35.5. The zero-order valence-electron chi connectivity index (χ0n) is 13.9. The molecule has 1 amide bonds. The first-order valence-electron chi connectivity index (χ1n) is 7.93. The van der Waals surface area contributed by atoms with Gasteiger partial charge in [-0.25, -0.2) is 0 Å². The van der Waals surface area contributed by atoms with Crippen LogP contribution in [0.15, 0.2) is 18.2 Å². The fourth-order valence-electron chi connectivity index (χ4n) is 3.19. The fourth-order valence-corrected chi connectivity index (χ4v) is 3.68. The van der Waals surface area contributed by atoms with Crippen molar-refractivity contribution in [3.05, 3.63) is 33.8 Å². The lowest BCUT2D eigenvalue weighted by Gasteiger charge is -2.44. The number of halogens is 2. The Morgan fingerprint density at radius 3 is 2.48 bits per heavy atom. The number of rotatable bonds is 5. The molecule has 0 radical (unpaired) electrons. The second-order valence-electron chi connectivity index (χ2n) is 6.12. The minimum atomic E-state index is -0.0260. The molecule has 0 spiro atoms. The quantitative estimate of drug-likeness (QED) is 0.754. The van der Waals surface area contributed by atoms with Crippen LogP contribution >= 0.6 is 23.2 Å². The average molecular weight is 359 g/mol. The van der Waals surface area contributed by atoms with Crippen molar-refractivity contribution >= 4 is 29.1 Å². The minimum Gasteiger partial charge on any atom is -0.385 e. The molecule has 0 saturated carbocycles. The molecule has 1 heterocycles. The van der Waals surface area contributed by atoms with Gasteiger partial charge >= 0.3 is 0 Å². The molecule has 2 unspecified atom stereocenters. The highest BCUT2D eigenvalue weighted by Crippen LogP contribution is 2.24. The molecular weight excluding hydrogens is 335 g/mol. The predicted molar refractivity (Wildman–Crippen MR) is 94.5 cm³/mol. The highest BCUT2D eigenvalue weighted by Gasteiger charge is 2.32. The number of methoxy groups -OCH3 is 1. The number of carbonyl (C=O) groups is 1. The number of benzene rings is 1. The van der Waals surface area contributed by atoms with Crippen molar-refractivity contribution in [3.8, 4) is 0 Å². The molecule has 0 N–H and O–H groups in total. The molecule has 2 rings (SSSR count). The van der Waals surface area contributed by atoms with Gasteiger partial charge in [0.05, 0.1) is 10.6 Å². The number of nitrogens with zero attached hydrogens (tertiary/aromatic N) is 2. The van der Waals surface area contributed by atoms with Crippen LogP contribution in [-0.4, -0.2) is 61.1 Å². The molecule has 2 atom stereocenters. The largest absolute Gasteiger partial charge is 0.385 e. The van der Waals surface area contributed by atoms with Gasteiger partial charge in [-0.1, -0.05) is 23.2 Å². The molecule has 1 aromatic rings. The van der Waals surface area contributed by atoms with Crippen molar-refractivity contribution in [1.29, 1.82) is 0 Å². The Morgan fingerprint density at radius 1 is 1.26 bits per heavy atom. The summed E-state index contributed by atoms with van der Waals surface area (Å²) < 4.78 is 5.13.